The van der Waals surface area contributed by atoms with Gasteiger partial charge in [0.2, 0.25) is 0 Å². The van der Waals surface area contributed by atoms with E-state index in [-0.39, 0.29) is 17.2 Å². The molecule has 0 heterocycles. The predicted molar refractivity (Wildman–Crippen MR) is 113 cm³/mol. The average Bonchev–Trinajstić information content (AvgIpc) is 3.39. The zero-order chi connectivity index (χ0) is 24.9. The summed E-state index contributed by atoms with van der Waals surface area (Å²) in [5, 5.41) is 0. The Morgan fingerprint density at radius 2 is 1.76 bits per heavy atom. The van der Waals surface area contributed by atoms with Crippen LogP contribution in [0.4, 0.5) is 13.2 Å². The Morgan fingerprint density at radius 3 is 2.29 bits per heavy atom. The Kier molecular flexibility index (Phi) is 6.56. The first-order chi connectivity index (χ1) is 15.8. The summed E-state index contributed by atoms with van der Waals surface area (Å²) in [6.45, 7) is 3.30. The van der Waals surface area contributed by atoms with E-state index in [1.54, 1.807) is 0 Å². The molecule has 11 heteroatoms. The molecule has 0 radical (unpaired) electrons. The zero-order valence-corrected chi connectivity index (χ0v) is 19.8. The van der Waals surface area contributed by atoms with Gasteiger partial charge < -0.3 is 18.8 Å². The van der Waals surface area contributed by atoms with Gasteiger partial charge in [0.05, 0.1) is 21.4 Å². The highest BCUT2D eigenvalue weighted by atomic mass is 32.2. The molecule has 0 N–H and O–H groups in total. The highest BCUT2D eigenvalue weighted by Crippen LogP contribution is 2.63. The fourth-order valence-electron chi connectivity index (χ4n) is 6.18. The average molecular weight is 506 g/mol. The van der Waals surface area contributed by atoms with E-state index in [4.69, 9.17) is 9.47 Å². The van der Waals surface area contributed by atoms with Gasteiger partial charge in [0.1, 0.15) is 12.2 Å². The maximum Gasteiger partial charge on any atom is 0.573 e. The fraction of sp³-hybridized carbons (Fsp3) is 0.696. The van der Waals surface area contributed by atoms with Crippen LogP contribution >= 0.6 is 0 Å². The lowest BCUT2D eigenvalue weighted by Crippen LogP contribution is -2.40. The number of hydrogen-bond donors (Lipinski definition) is 0. The number of hydrogen-bond acceptors (Lipinski definition) is 7. The summed E-state index contributed by atoms with van der Waals surface area (Å²) >= 11 is 0. The molecule has 1 aromatic carbocycles. The first-order valence-corrected chi connectivity index (χ1v) is 13.0. The van der Waals surface area contributed by atoms with Gasteiger partial charge in [-0.3, -0.25) is 0 Å². The molecule has 0 amide bonds. The summed E-state index contributed by atoms with van der Waals surface area (Å²) < 4.78 is 86.7. The van der Waals surface area contributed by atoms with Crippen LogP contribution in [0.5, 0.6) is 11.5 Å². The lowest BCUT2D eigenvalue weighted by Gasteiger charge is -2.36. The fourth-order valence-corrected chi connectivity index (χ4v) is 6.47. The molecule has 3 aliphatic rings. The third kappa shape index (κ3) is 5.30. The number of benzene rings is 1. The van der Waals surface area contributed by atoms with Crippen LogP contribution in [0.1, 0.15) is 56.3 Å². The lowest BCUT2D eigenvalue weighted by molar-refractivity contribution is -0.275. The normalized spacial score (nSPS) is 30.4. The quantitative estimate of drug-likeness (QED) is 0.378. The Morgan fingerprint density at radius 1 is 1.15 bits per heavy atom. The number of ether oxygens (including phenoxy) is 3. The number of fused-ring (bicyclic) bond motifs is 5. The Bertz CT molecular complexity index is 1020. The van der Waals surface area contributed by atoms with Gasteiger partial charge in [-0.2, -0.15) is 0 Å². The van der Waals surface area contributed by atoms with Crippen molar-refractivity contribution in [2.45, 2.75) is 57.9 Å². The van der Waals surface area contributed by atoms with Gasteiger partial charge in [-0.1, -0.05) is 13.8 Å². The van der Waals surface area contributed by atoms with Crippen molar-refractivity contribution >= 4 is 16.1 Å². The summed E-state index contributed by atoms with van der Waals surface area (Å²) in [4.78, 5) is 12.3. The van der Waals surface area contributed by atoms with E-state index in [2.05, 4.69) is 4.74 Å². The van der Waals surface area contributed by atoms with Crippen molar-refractivity contribution in [2.24, 2.45) is 29.6 Å². The maximum atomic E-state index is 13.1. The Balaban J connectivity index is 1.60. The van der Waals surface area contributed by atoms with E-state index >= 15 is 0 Å². The van der Waals surface area contributed by atoms with Crippen LogP contribution in [-0.4, -0.2) is 43.3 Å². The molecule has 7 nitrogen and oxygen atoms in total. The highest BCUT2D eigenvalue weighted by Gasteiger charge is 2.59. The summed E-state index contributed by atoms with van der Waals surface area (Å²) in [6.07, 6.45) is 0.0902. The smallest absolute Gasteiger partial charge is 0.573 e. The molecule has 3 aliphatic carbocycles. The summed E-state index contributed by atoms with van der Waals surface area (Å²) in [5.41, 5.74) is -0.829. The van der Waals surface area contributed by atoms with E-state index < -0.39 is 46.2 Å². The second-order valence-corrected chi connectivity index (χ2v) is 11.5. The first kappa shape index (κ1) is 25.1. The molecular formula is C23H28F3O7S-. The second kappa shape index (κ2) is 8.89. The molecule has 2 bridgehead atoms. The standard InChI is InChI=1S/C23H29F3O7S/c1-13(2)22(11-17-14-3-4-15(9-14)18(17)12-22)32-20-10-16(5-6-19(20)33-23(24,25)26)21(27)31-7-8-34(28,29)30/h5-6,10,13-15,17-18H,3-4,7-9,11-12H2,1-2H3,(H,28,29,30)/p-1. The van der Waals surface area contributed by atoms with Gasteiger partial charge in [0.15, 0.2) is 11.5 Å². The summed E-state index contributed by atoms with van der Waals surface area (Å²) in [5.74, 6) is -0.437. The van der Waals surface area contributed by atoms with Crippen molar-refractivity contribution in [1.82, 2.24) is 0 Å². The molecule has 4 unspecified atom stereocenters. The Hall–Kier alpha value is -2.01. The molecule has 0 saturated heterocycles. The van der Waals surface area contributed by atoms with Crippen molar-refractivity contribution < 1.29 is 45.1 Å². The molecule has 3 fully saturated rings. The molecule has 4 atom stereocenters. The zero-order valence-electron chi connectivity index (χ0n) is 19.0. The van der Waals surface area contributed by atoms with E-state index in [9.17, 15) is 30.9 Å². The van der Waals surface area contributed by atoms with Gasteiger partial charge in [-0.05, 0) is 79.9 Å². The first-order valence-electron chi connectivity index (χ1n) is 11.5. The largest absolute Gasteiger partial charge is 0.748 e. The van der Waals surface area contributed by atoms with Gasteiger partial charge in [-0.15, -0.1) is 13.2 Å². The lowest BCUT2D eigenvalue weighted by atomic mass is 9.82. The number of carbonyl (C=O) groups is 1. The Labute approximate surface area is 196 Å². The van der Waals surface area contributed by atoms with Crippen LogP contribution < -0.4 is 9.47 Å². The minimum Gasteiger partial charge on any atom is -0.748 e. The molecule has 0 aromatic heterocycles. The van der Waals surface area contributed by atoms with E-state index in [0.29, 0.717) is 23.7 Å². The van der Waals surface area contributed by atoms with Crippen molar-refractivity contribution in [3.05, 3.63) is 23.8 Å². The molecule has 0 spiro atoms. The van der Waals surface area contributed by atoms with Gasteiger partial charge in [0.25, 0.3) is 0 Å². The van der Waals surface area contributed by atoms with E-state index in [1.165, 1.54) is 19.3 Å². The highest BCUT2D eigenvalue weighted by molar-refractivity contribution is 7.85. The third-order valence-corrected chi connectivity index (χ3v) is 8.44. The molecule has 190 valence electrons. The van der Waals surface area contributed by atoms with Gasteiger partial charge >= 0.3 is 12.3 Å². The van der Waals surface area contributed by atoms with Gasteiger partial charge in [-0.25, -0.2) is 13.2 Å². The second-order valence-electron chi connectivity index (χ2n) is 10.00. The molecular weight excluding hydrogens is 477 g/mol. The molecule has 3 saturated carbocycles. The maximum absolute atomic E-state index is 13.1. The number of rotatable bonds is 8. The number of carbonyl (C=O) groups excluding carboxylic acids is 1. The minimum atomic E-state index is -4.96. The molecule has 34 heavy (non-hydrogen) atoms. The SMILES string of the molecule is CC(C)C1(Oc2cc(C(=O)OCCS(=O)(=O)[O-])ccc2OC(F)(F)F)CC2C3CCC(C3)C2C1. The summed E-state index contributed by atoms with van der Waals surface area (Å²) in [7, 11) is -4.58. The van der Waals surface area contributed by atoms with Crippen LogP contribution in [0.3, 0.4) is 0 Å². The van der Waals surface area contributed by atoms with Crippen molar-refractivity contribution in [2.75, 3.05) is 12.4 Å². The molecule has 1 aromatic rings. The van der Waals surface area contributed by atoms with Crippen molar-refractivity contribution in [1.29, 1.82) is 0 Å². The predicted octanol–water partition coefficient (Wildman–Crippen LogP) is 4.52. The molecule has 4 rings (SSSR count). The van der Waals surface area contributed by atoms with E-state index in [1.807, 2.05) is 13.8 Å². The topological polar surface area (TPSA) is 102 Å². The van der Waals surface area contributed by atoms with Crippen LogP contribution in [0.2, 0.25) is 0 Å². The molecule has 0 aliphatic heterocycles. The van der Waals surface area contributed by atoms with Crippen molar-refractivity contribution in [3.8, 4) is 11.5 Å². The van der Waals surface area contributed by atoms with E-state index in [0.717, 1.165) is 31.0 Å². The number of alkyl halides is 3. The number of esters is 1. The van der Waals surface area contributed by atoms with Crippen LogP contribution in [-0.2, 0) is 14.9 Å². The summed E-state index contributed by atoms with van der Waals surface area (Å²) in [6, 6.07) is 3.19. The monoisotopic (exact) mass is 505 g/mol. The third-order valence-electron chi connectivity index (χ3n) is 7.77. The van der Waals surface area contributed by atoms with Crippen molar-refractivity contribution in [3.63, 3.8) is 0 Å². The minimum absolute atomic E-state index is 0.00843. The van der Waals surface area contributed by atoms with Crippen LogP contribution in [0.25, 0.3) is 0 Å². The number of halogens is 3. The van der Waals surface area contributed by atoms with Crippen LogP contribution in [0, 0.1) is 29.6 Å². The van der Waals surface area contributed by atoms with Gasteiger partial charge in [0, 0.05) is 0 Å². The van der Waals surface area contributed by atoms with Crippen LogP contribution in [0.15, 0.2) is 18.2 Å².